The van der Waals surface area contributed by atoms with Gasteiger partial charge in [0.15, 0.2) is 5.82 Å². The summed E-state index contributed by atoms with van der Waals surface area (Å²) in [4.78, 5) is 29.0. The summed E-state index contributed by atoms with van der Waals surface area (Å²) < 4.78 is 54.4. The van der Waals surface area contributed by atoms with Crippen LogP contribution in [0, 0.1) is 5.82 Å². The molecule has 1 saturated heterocycles. The number of alkyl halides is 3. The first-order chi connectivity index (χ1) is 14.3. The SMILES string of the molecule is O=C(Nc1cccc(C(F)(F)F)c1F)N1CCC(n2c(=O)[nH]c3ccccc32)CC1. The fourth-order valence-corrected chi connectivity index (χ4v) is 3.81. The summed E-state index contributed by atoms with van der Waals surface area (Å²) >= 11 is 0. The summed E-state index contributed by atoms with van der Waals surface area (Å²) in [6, 6.07) is 9.23. The van der Waals surface area contributed by atoms with Gasteiger partial charge in [0.1, 0.15) is 0 Å². The molecule has 4 rings (SSSR count). The average molecular weight is 422 g/mol. The summed E-state index contributed by atoms with van der Waals surface area (Å²) in [6.45, 7) is 0.562. The molecule has 1 aromatic heterocycles. The molecule has 1 aliphatic rings. The van der Waals surface area contributed by atoms with Gasteiger partial charge in [-0.3, -0.25) is 4.57 Å². The number of benzene rings is 2. The van der Waals surface area contributed by atoms with Gasteiger partial charge in [-0.1, -0.05) is 18.2 Å². The van der Waals surface area contributed by atoms with Crippen LogP contribution in [0.5, 0.6) is 0 Å². The molecular weight excluding hydrogens is 404 g/mol. The maximum atomic E-state index is 14.1. The molecule has 3 aromatic rings. The first-order valence-electron chi connectivity index (χ1n) is 9.36. The van der Waals surface area contributed by atoms with E-state index in [1.807, 2.05) is 18.2 Å². The molecule has 0 saturated carbocycles. The van der Waals surface area contributed by atoms with Gasteiger partial charge < -0.3 is 15.2 Å². The highest BCUT2D eigenvalue weighted by Gasteiger charge is 2.35. The molecule has 2 heterocycles. The van der Waals surface area contributed by atoms with Crippen molar-refractivity contribution in [2.45, 2.75) is 25.1 Å². The van der Waals surface area contributed by atoms with E-state index in [1.165, 1.54) is 4.90 Å². The van der Waals surface area contributed by atoms with E-state index in [-0.39, 0.29) is 24.8 Å². The monoisotopic (exact) mass is 422 g/mol. The van der Waals surface area contributed by atoms with Crippen molar-refractivity contribution >= 4 is 22.8 Å². The van der Waals surface area contributed by atoms with Crippen LogP contribution in [0.4, 0.5) is 28.0 Å². The van der Waals surface area contributed by atoms with Gasteiger partial charge >= 0.3 is 17.9 Å². The first-order valence-corrected chi connectivity index (χ1v) is 9.36. The molecule has 0 spiro atoms. The van der Waals surface area contributed by atoms with E-state index in [0.29, 0.717) is 18.9 Å². The van der Waals surface area contributed by atoms with Crippen molar-refractivity contribution in [2.75, 3.05) is 18.4 Å². The molecule has 30 heavy (non-hydrogen) atoms. The zero-order valence-electron chi connectivity index (χ0n) is 15.7. The standard InChI is InChI=1S/C20H18F4N4O2/c21-17-13(20(22,23)24)4-3-6-15(17)26-18(29)27-10-8-12(9-11-27)28-16-7-2-1-5-14(16)25-19(28)30/h1-7,12H,8-11H2,(H,25,30)(H,26,29). The number of fused-ring (bicyclic) bond motifs is 1. The Labute approximate surface area is 168 Å². The second-order valence-corrected chi connectivity index (χ2v) is 7.13. The van der Waals surface area contributed by atoms with E-state index in [0.717, 1.165) is 23.2 Å². The van der Waals surface area contributed by atoms with E-state index in [4.69, 9.17) is 0 Å². The van der Waals surface area contributed by atoms with Gasteiger partial charge in [-0.2, -0.15) is 13.2 Å². The van der Waals surface area contributed by atoms with Crippen LogP contribution in [0.1, 0.15) is 24.4 Å². The van der Waals surface area contributed by atoms with E-state index in [1.54, 1.807) is 10.6 Å². The van der Waals surface area contributed by atoms with Gasteiger partial charge in [0, 0.05) is 19.1 Å². The molecule has 2 amide bonds. The van der Waals surface area contributed by atoms with Crippen LogP contribution in [0.3, 0.4) is 0 Å². The van der Waals surface area contributed by atoms with Gasteiger partial charge in [0.25, 0.3) is 0 Å². The van der Waals surface area contributed by atoms with Gasteiger partial charge in [-0.15, -0.1) is 0 Å². The van der Waals surface area contributed by atoms with Crippen molar-refractivity contribution in [3.8, 4) is 0 Å². The quantitative estimate of drug-likeness (QED) is 0.603. The maximum Gasteiger partial charge on any atom is 0.419 e. The molecular formula is C20H18F4N4O2. The Morgan fingerprint density at radius 3 is 2.47 bits per heavy atom. The van der Waals surface area contributed by atoms with Crippen molar-refractivity contribution in [2.24, 2.45) is 0 Å². The van der Waals surface area contributed by atoms with Crippen LogP contribution in [0.15, 0.2) is 47.3 Å². The Bertz CT molecular complexity index is 1140. The molecule has 0 atom stereocenters. The number of aromatic amines is 1. The summed E-state index contributed by atoms with van der Waals surface area (Å²) in [5.74, 6) is -1.52. The topological polar surface area (TPSA) is 70.1 Å². The Balaban J connectivity index is 1.45. The van der Waals surface area contributed by atoms with Crippen LogP contribution >= 0.6 is 0 Å². The van der Waals surface area contributed by atoms with Crippen LogP contribution in [-0.4, -0.2) is 33.6 Å². The van der Waals surface area contributed by atoms with Crippen LogP contribution in [0.2, 0.25) is 0 Å². The third-order valence-corrected chi connectivity index (χ3v) is 5.29. The number of carbonyl (C=O) groups excluding carboxylic acids is 1. The number of amides is 2. The molecule has 6 nitrogen and oxygen atoms in total. The lowest BCUT2D eigenvalue weighted by Crippen LogP contribution is -2.42. The zero-order valence-corrected chi connectivity index (χ0v) is 15.7. The number of hydrogen-bond donors (Lipinski definition) is 2. The molecule has 10 heteroatoms. The Kier molecular flexibility index (Phi) is 5.00. The van der Waals surface area contributed by atoms with Crippen molar-refractivity contribution in [3.63, 3.8) is 0 Å². The number of halogens is 4. The van der Waals surface area contributed by atoms with Gasteiger partial charge in [0.05, 0.1) is 22.3 Å². The number of rotatable bonds is 2. The number of piperidine rings is 1. The smallest absolute Gasteiger partial charge is 0.324 e. The number of aromatic nitrogens is 2. The number of nitrogens with one attached hydrogen (secondary N) is 2. The number of nitrogens with zero attached hydrogens (tertiary/aromatic N) is 2. The number of H-pyrrole nitrogens is 1. The number of imidazole rings is 1. The first kappa shape index (κ1) is 20.0. The highest BCUT2D eigenvalue weighted by Crippen LogP contribution is 2.34. The van der Waals surface area contributed by atoms with Crippen molar-refractivity contribution in [1.82, 2.24) is 14.5 Å². The second-order valence-electron chi connectivity index (χ2n) is 7.13. The minimum atomic E-state index is -4.85. The van der Waals surface area contributed by atoms with Gasteiger partial charge in [-0.05, 0) is 37.1 Å². The number of hydrogen-bond acceptors (Lipinski definition) is 2. The van der Waals surface area contributed by atoms with Crippen molar-refractivity contribution < 1.29 is 22.4 Å². The molecule has 0 aliphatic carbocycles. The lowest BCUT2D eigenvalue weighted by Gasteiger charge is -2.32. The fourth-order valence-electron chi connectivity index (χ4n) is 3.81. The highest BCUT2D eigenvalue weighted by atomic mass is 19.4. The normalized spacial score (nSPS) is 15.5. The third kappa shape index (κ3) is 3.64. The van der Waals surface area contributed by atoms with Crippen LogP contribution in [0.25, 0.3) is 11.0 Å². The summed E-state index contributed by atoms with van der Waals surface area (Å²) in [7, 11) is 0. The number of para-hydroxylation sites is 2. The predicted octanol–water partition coefficient (Wildman–Crippen LogP) is 4.36. The summed E-state index contributed by atoms with van der Waals surface area (Å²) in [6.07, 6.45) is -3.88. The van der Waals surface area contributed by atoms with E-state index < -0.39 is 29.3 Å². The van der Waals surface area contributed by atoms with Crippen molar-refractivity contribution in [1.29, 1.82) is 0 Å². The molecule has 1 fully saturated rings. The lowest BCUT2D eigenvalue weighted by atomic mass is 10.0. The molecule has 1 aliphatic heterocycles. The average Bonchev–Trinajstić information content (AvgIpc) is 3.04. The highest BCUT2D eigenvalue weighted by molar-refractivity contribution is 5.89. The predicted molar refractivity (Wildman–Crippen MR) is 103 cm³/mol. The number of likely N-dealkylation sites (tertiary alicyclic amines) is 1. The maximum absolute atomic E-state index is 14.1. The largest absolute Gasteiger partial charge is 0.419 e. The van der Waals surface area contributed by atoms with Crippen LogP contribution in [-0.2, 0) is 6.18 Å². The number of urea groups is 1. The van der Waals surface area contributed by atoms with E-state index >= 15 is 0 Å². The third-order valence-electron chi connectivity index (χ3n) is 5.29. The Morgan fingerprint density at radius 2 is 1.77 bits per heavy atom. The molecule has 0 radical (unpaired) electrons. The number of anilines is 1. The number of carbonyl (C=O) groups is 1. The molecule has 2 aromatic carbocycles. The Hall–Kier alpha value is -3.30. The molecule has 0 bridgehead atoms. The molecule has 2 N–H and O–H groups in total. The van der Waals surface area contributed by atoms with Crippen LogP contribution < -0.4 is 11.0 Å². The van der Waals surface area contributed by atoms with E-state index in [2.05, 4.69) is 10.3 Å². The van der Waals surface area contributed by atoms with E-state index in [9.17, 15) is 27.2 Å². The van der Waals surface area contributed by atoms with Gasteiger partial charge in [0.2, 0.25) is 0 Å². The summed E-state index contributed by atoms with van der Waals surface area (Å²) in [5.41, 5.74) is -0.688. The second kappa shape index (κ2) is 7.51. The van der Waals surface area contributed by atoms with Crippen molar-refractivity contribution in [3.05, 3.63) is 64.3 Å². The molecule has 0 unspecified atom stereocenters. The minimum absolute atomic E-state index is 0.122. The minimum Gasteiger partial charge on any atom is -0.324 e. The molecule has 158 valence electrons. The zero-order chi connectivity index (χ0) is 21.5. The fraction of sp³-hybridized carbons (Fsp3) is 0.300. The Morgan fingerprint density at radius 1 is 1.07 bits per heavy atom. The summed E-state index contributed by atoms with van der Waals surface area (Å²) in [5, 5.41) is 2.22. The lowest BCUT2D eigenvalue weighted by molar-refractivity contribution is -0.139. The van der Waals surface area contributed by atoms with Gasteiger partial charge in [-0.25, -0.2) is 14.0 Å².